The molecule has 1 aromatic heterocycles. The molecule has 0 atom stereocenters. The first-order valence-electron chi connectivity index (χ1n) is 7.22. The predicted molar refractivity (Wildman–Crippen MR) is 82.1 cm³/mol. The summed E-state index contributed by atoms with van der Waals surface area (Å²) in [5.41, 5.74) is 10.4. The van der Waals surface area contributed by atoms with Crippen molar-refractivity contribution in [1.82, 2.24) is 9.88 Å². The highest BCUT2D eigenvalue weighted by Gasteiger charge is 2.29. The maximum absolute atomic E-state index is 6.06. The Morgan fingerprint density at radius 3 is 2.60 bits per heavy atom. The number of hydrogen-bond acceptors (Lipinski definition) is 3. The van der Waals surface area contributed by atoms with Gasteiger partial charge in [0.2, 0.25) is 0 Å². The SMILES string of the molecule is Cc1cccc(CN(Cc2ccccc2N)C2CC2)n1. The molecule has 20 heavy (non-hydrogen) atoms. The van der Waals surface area contributed by atoms with E-state index in [1.54, 1.807) is 0 Å². The number of rotatable bonds is 5. The van der Waals surface area contributed by atoms with Crippen molar-refractivity contribution in [3.8, 4) is 0 Å². The molecule has 1 fully saturated rings. The summed E-state index contributed by atoms with van der Waals surface area (Å²) >= 11 is 0. The normalized spacial score (nSPS) is 14.7. The fourth-order valence-electron chi connectivity index (χ4n) is 2.55. The number of pyridine rings is 1. The molecule has 1 aliphatic rings. The molecule has 0 bridgehead atoms. The number of nitrogen functional groups attached to an aromatic ring is 1. The zero-order chi connectivity index (χ0) is 13.9. The Balaban J connectivity index is 1.75. The van der Waals surface area contributed by atoms with E-state index in [-0.39, 0.29) is 0 Å². The van der Waals surface area contributed by atoms with Gasteiger partial charge >= 0.3 is 0 Å². The molecule has 3 nitrogen and oxygen atoms in total. The lowest BCUT2D eigenvalue weighted by molar-refractivity contribution is 0.243. The van der Waals surface area contributed by atoms with Crippen LogP contribution in [0, 0.1) is 6.92 Å². The Kier molecular flexibility index (Phi) is 3.70. The number of para-hydroxylation sites is 1. The van der Waals surface area contributed by atoms with Gasteiger partial charge in [-0.25, -0.2) is 0 Å². The molecular weight excluding hydrogens is 246 g/mol. The summed E-state index contributed by atoms with van der Waals surface area (Å²) in [6, 6.07) is 15.1. The number of anilines is 1. The van der Waals surface area contributed by atoms with Gasteiger partial charge in [-0.1, -0.05) is 24.3 Å². The third-order valence-electron chi connectivity index (χ3n) is 3.80. The zero-order valence-corrected chi connectivity index (χ0v) is 11.9. The molecule has 3 rings (SSSR count). The van der Waals surface area contributed by atoms with Crippen LogP contribution in [0.4, 0.5) is 5.69 Å². The fourth-order valence-corrected chi connectivity index (χ4v) is 2.55. The van der Waals surface area contributed by atoms with Gasteiger partial charge in [0.05, 0.1) is 5.69 Å². The lowest BCUT2D eigenvalue weighted by Gasteiger charge is -2.22. The van der Waals surface area contributed by atoms with Crippen molar-refractivity contribution in [2.75, 3.05) is 5.73 Å². The minimum Gasteiger partial charge on any atom is -0.398 e. The molecule has 2 N–H and O–H groups in total. The van der Waals surface area contributed by atoms with E-state index in [0.29, 0.717) is 6.04 Å². The molecule has 0 aliphatic heterocycles. The van der Waals surface area contributed by atoms with Crippen molar-refractivity contribution in [2.24, 2.45) is 0 Å². The van der Waals surface area contributed by atoms with Crippen molar-refractivity contribution < 1.29 is 0 Å². The first-order valence-corrected chi connectivity index (χ1v) is 7.22. The van der Waals surface area contributed by atoms with E-state index < -0.39 is 0 Å². The molecule has 1 saturated carbocycles. The first-order chi connectivity index (χ1) is 9.72. The largest absolute Gasteiger partial charge is 0.398 e. The van der Waals surface area contributed by atoms with Crippen LogP contribution < -0.4 is 5.73 Å². The molecule has 3 heteroatoms. The quantitative estimate of drug-likeness (QED) is 0.846. The average molecular weight is 267 g/mol. The monoisotopic (exact) mass is 267 g/mol. The lowest BCUT2D eigenvalue weighted by Crippen LogP contribution is -2.26. The van der Waals surface area contributed by atoms with Crippen LogP contribution >= 0.6 is 0 Å². The van der Waals surface area contributed by atoms with Crippen LogP contribution in [-0.2, 0) is 13.1 Å². The van der Waals surface area contributed by atoms with E-state index in [4.69, 9.17) is 5.73 Å². The van der Waals surface area contributed by atoms with E-state index in [2.05, 4.69) is 34.1 Å². The average Bonchev–Trinajstić information content (AvgIpc) is 3.25. The molecule has 0 unspecified atom stereocenters. The highest BCUT2D eigenvalue weighted by atomic mass is 15.2. The summed E-state index contributed by atoms with van der Waals surface area (Å²) in [7, 11) is 0. The third kappa shape index (κ3) is 3.17. The summed E-state index contributed by atoms with van der Waals surface area (Å²) in [4.78, 5) is 7.11. The van der Waals surface area contributed by atoms with Crippen LogP contribution in [0.5, 0.6) is 0 Å². The highest BCUT2D eigenvalue weighted by molar-refractivity contribution is 5.46. The summed E-state index contributed by atoms with van der Waals surface area (Å²) < 4.78 is 0. The Labute approximate surface area is 120 Å². The second-order valence-electron chi connectivity index (χ2n) is 5.61. The van der Waals surface area contributed by atoms with Gasteiger partial charge in [-0.05, 0) is 43.5 Å². The number of benzene rings is 1. The Bertz CT molecular complexity index is 590. The summed E-state index contributed by atoms with van der Waals surface area (Å²) in [5.74, 6) is 0. The maximum atomic E-state index is 6.06. The van der Waals surface area contributed by atoms with E-state index in [9.17, 15) is 0 Å². The van der Waals surface area contributed by atoms with Crippen LogP contribution in [-0.4, -0.2) is 15.9 Å². The smallest absolute Gasteiger partial charge is 0.0547 e. The maximum Gasteiger partial charge on any atom is 0.0547 e. The first kappa shape index (κ1) is 13.1. The fraction of sp³-hybridized carbons (Fsp3) is 0.353. The number of hydrogen-bond donors (Lipinski definition) is 1. The van der Waals surface area contributed by atoms with Crippen molar-refractivity contribution in [2.45, 2.75) is 38.9 Å². The topological polar surface area (TPSA) is 42.1 Å². The standard InChI is InChI=1S/C17H21N3/c1-13-5-4-7-15(19-13)12-20(16-9-10-16)11-14-6-2-3-8-17(14)18/h2-8,16H,9-12,18H2,1H3. The van der Waals surface area contributed by atoms with E-state index in [1.807, 2.05) is 25.1 Å². The third-order valence-corrected chi connectivity index (χ3v) is 3.80. The van der Waals surface area contributed by atoms with E-state index in [1.165, 1.54) is 18.4 Å². The van der Waals surface area contributed by atoms with E-state index in [0.717, 1.165) is 30.2 Å². The van der Waals surface area contributed by atoms with Gasteiger partial charge in [-0.3, -0.25) is 9.88 Å². The van der Waals surface area contributed by atoms with Crippen molar-refractivity contribution >= 4 is 5.69 Å². The Hall–Kier alpha value is -1.87. The highest BCUT2D eigenvalue weighted by Crippen LogP contribution is 2.30. The molecule has 0 amide bonds. The molecular formula is C17H21N3. The molecule has 1 heterocycles. The second kappa shape index (κ2) is 5.63. The van der Waals surface area contributed by atoms with Gasteiger partial charge in [-0.15, -0.1) is 0 Å². The summed E-state index contributed by atoms with van der Waals surface area (Å²) in [6.07, 6.45) is 2.58. The van der Waals surface area contributed by atoms with E-state index >= 15 is 0 Å². The number of aryl methyl sites for hydroxylation is 1. The molecule has 104 valence electrons. The van der Waals surface area contributed by atoms with Crippen LogP contribution in [0.25, 0.3) is 0 Å². The van der Waals surface area contributed by atoms with Crippen LogP contribution in [0.15, 0.2) is 42.5 Å². The molecule has 1 aliphatic carbocycles. The van der Waals surface area contributed by atoms with Gasteiger partial charge in [0.25, 0.3) is 0 Å². The molecule has 0 radical (unpaired) electrons. The van der Waals surface area contributed by atoms with Crippen LogP contribution in [0.1, 0.15) is 29.8 Å². The minimum absolute atomic E-state index is 0.692. The van der Waals surface area contributed by atoms with Gasteiger partial charge in [0, 0.05) is 30.5 Å². The molecule has 0 spiro atoms. The van der Waals surface area contributed by atoms with Crippen molar-refractivity contribution in [3.05, 3.63) is 59.4 Å². The molecule has 1 aromatic carbocycles. The van der Waals surface area contributed by atoms with Crippen molar-refractivity contribution in [3.63, 3.8) is 0 Å². The summed E-state index contributed by atoms with van der Waals surface area (Å²) in [5, 5.41) is 0. The van der Waals surface area contributed by atoms with Crippen molar-refractivity contribution in [1.29, 1.82) is 0 Å². The van der Waals surface area contributed by atoms with Gasteiger partial charge in [0.1, 0.15) is 0 Å². The lowest BCUT2D eigenvalue weighted by atomic mass is 10.1. The number of nitrogens with zero attached hydrogens (tertiary/aromatic N) is 2. The van der Waals surface area contributed by atoms with Gasteiger partial charge in [0.15, 0.2) is 0 Å². The molecule has 2 aromatic rings. The predicted octanol–water partition coefficient (Wildman–Crippen LogP) is 3.14. The van der Waals surface area contributed by atoms with Crippen LogP contribution in [0.3, 0.4) is 0 Å². The van der Waals surface area contributed by atoms with Crippen LogP contribution in [0.2, 0.25) is 0 Å². The Morgan fingerprint density at radius 1 is 1.10 bits per heavy atom. The number of aromatic nitrogens is 1. The van der Waals surface area contributed by atoms with Gasteiger partial charge < -0.3 is 5.73 Å². The Morgan fingerprint density at radius 2 is 1.90 bits per heavy atom. The summed E-state index contributed by atoms with van der Waals surface area (Å²) in [6.45, 7) is 3.85. The molecule has 0 saturated heterocycles. The number of nitrogens with two attached hydrogens (primary N) is 1. The zero-order valence-electron chi connectivity index (χ0n) is 11.9. The minimum atomic E-state index is 0.692. The van der Waals surface area contributed by atoms with Gasteiger partial charge in [-0.2, -0.15) is 0 Å². The second-order valence-corrected chi connectivity index (χ2v) is 5.61.